The third-order valence-electron chi connectivity index (χ3n) is 4.69. The van der Waals surface area contributed by atoms with Crippen molar-refractivity contribution in [2.75, 3.05) is 18.6 Å². The Hall–Kier alpha value is -2.40. The van der Waals surface area contributed by atoms with Crippen molar-refractivity contribution in [1.29, 1.82) is 0 Å². The molecule has 0 aliphatic carbocycles. The van der Waals surface area contributed by atoms with Crippen LogP contribution in [0.5, 0.6) is 5.75 Å². The van der Waals surface area contributed by atoms with Crippen LogP contribution in [0.2, 0.25) is 0 Å². The first-order valence-corrected chi connectivity index (χ1v) is 7.93. The average molecular weight is 309 g/mol. The van der Waals surface area contributed by atoms with Gasteiger partial charge in [0, 0.05) is 12.7 Å². The maximum Gasteiger partial charge on any atom is 0.247 e. The number of ether oxygens (including phenoxy) is 1. The van der Waals surface area contributed by atoms with Crippen LogP contribution in [0.3, 0.4) is 0 Å². The van der Waals surface area contributed by atoms with E-state index in [-0.39, 0.29) is 18.1 Å². The number of hydrogen-bond donors (Lipinski definition) is 0. The van der Waals surface area contributed by atoms with Crippen molar-refractivity contribution in [3.8, 4) is 5.75 Å². The van der Waals surface area contributed by atoms with Crippen LogP contribution in [0.4, 0.5) is 5.82 Å². The quantitative estimate of drug-likeness (QED) is 0.874. The van der Waals surface area contributed by atoms with Crippen LogP contribution in [-0.2, 0) is 4.79 Å². The zero-order chi connectivity index (χ0) is 15.8. The molecule has 4 rings (SSSR count). The Morgan fingerprint density at radius 2 is 2.00 bits per heavy atom. The van der Waals surface area contributed by atoms with Gasteiger partial charge in [-0.15, -0.1) is 0 Å². The van der Waals surface area contributed by atoms with Crippen LogP contribution in [0, 0.1) is 0 Å². The van der Waals surface area contributed by atoms with E-state index in [0.717, 1.165) is 30.7 Å². The van der Waals surface area contributed by atoms with E-state index in [4.69, 9.17) is 4.74 Å². The van der Waals surface area contributed by atoms with E-state index in [2.05, 4.69) is 9.88 Å². The summed E-state index contributed by atoms with van der Waals surface area (Å²) in [7, 11) is 1.66. The number of pyridine rings is 1. The van der Waals surface area contributed by atoms with Gasteiger partial charge in [-0.1, -0.05) is 18.2 Å². The van der Waals surface area contributed by atoms with Crippen LogP contribution in [-0.4, -0.2) is 35.5 Å². The second-order valence-corrected chi connectivity index (χ2v) is 5.94. The zero-order valence-electron chi connectivity index (χ0n) is 13.1. The fourth-order valence-electron chi connectivity index (χ4n) is 3.63. The van der Waals surface area contributed by atoms with Gasteiger partial charge in [-0.05, 0) is 42.7 Å². The normalized spacial score (nSPS) is 24.0. The van der Waals surface area contributed by atoms with Crippen molar-refractivity contribution in [2.24, 2.45) is 0 Å². The Morgan fingerprint density at radius 3 is 2.70 bits per heavy atom. The predicted molar refractivity (Wildman–Crippen MR) is 87.2 cm³/mol. The Morgan fingerprint density at radius 1 is 1.17 bits per heavy atom. The third kappa shape index (κ3) is 2.28. The smallest absolute Gasteiger partial charge is 0.247 e. The molecule has 2 aliphatic rings. The van der Waals surface area contributed by atoms with Crippen LogP contribution in [0.1, 0.15) is 24.6 Å². The van der Waals surface area contributed by atoms with Gasteiger partial charge < -0.3 is 4.74 Å². The Balaban J connectivity index is 1.77. The van der Waals surface area contributed by atoms with Crippen LogP contribution < -0.4 is 9.64 Å². The number of methoxy groups -OCH3 is 1. The molecule has 23 heavy (non-hydrogen) atoms. The number of anilines is 1. The summed E-state index contributed by atoms with van der Waals surface area (Å²) < 4.78 is 5.24. The Bertz CT molecular complexity index is 702. The van der Waals surface area contributed by atoms with Crippen molar-refractivity contribution in [1.82, 2.24) is 9.88 Å². The molecule has 0 N–H and O–H groups in total. The zero-order valence-corrected chi connectivity index (χ0v) is 13.1. The van der Waals surface area contributed by atoms with E-state index in [9.17, 15) is 4.79 Å². The number of hydrogen-bond acceptors (Lipinski definition) is 4. The van der Waals surface area contributed by atoms with E-state index < -0.39 is 0 Å². The number of carbonyl (C=O) groups excluding carboxylic acids is 1. The molecule has 2 saturated heterocycles. The molecule has 2 fully saturated rings. The standard InChI is InChI=1S/C18H19N3O2/c1-23-14-9-7-13(8-10-14)17-20-12-4-5-15(20)18(22)21(17)16-6-2-3-11-19-16/h2-3,6-11,15,17H,4-5,12H2,1H3/t15-,17+/m0/s1. The highest BCUT2D eigenvalue weighted by molar-refractivity contribution is 5.99. The molecule has 1 aromatic carbocycles. The van der Waals surface area contributed by atoms with Crippen molar-refractivity contribution in [3.63, 3.8) is 0 Å². The highest BCUT2D eigenvalue weighted by Crippen LogP contribution is 2.41. The fraction of sp³-hybridized carbons (Fsp3) is 0.333. The monoisotopic (exact) mass is 309 g/mol. The average Bonchev–Trinajstić information content (AvgIpc) is 3.18. The molecule has 0 saturated carbocycles. The molecule has 3 heterocycles. The molecule has 0 radical (unpaired) electrons. The molecule has 0 spiro atoms. The number of carbonyl (C=O) groups is 1. The van der Waals surface area contributed by atoms with Crippen LogP contribution >= 0.6 is 0 Å². The molecule has 0 bridgehead atoms. The predicted octanol–water partition coefficient (Wildman–Crippen LogP) is 2.60. The van der Waals surface area contributed by atoms with Gasteiger partial charge in [0.25, 0.3) is 0 Å². The summed E-state index contributed by atoms with van der Waals surface area (Å²) in [6.07, 6.45) is 3.64. The van der Waals surface area contributed by atoms with Crippen molar-refractivity contribution >= 4 is 11.7 Å². The van der Waals surface area contributed by atoms with E-state index in [1.165, 1.54) is 0 Å². The number of rotatable bonds is 3. The molecule has 118 valence electrons. The first kappa shape index (κ1) is 14.2. The number of amides is 1. The fourth-order valence-corrected chi connectivity index (χ4v) is 3.63. The molecule has 2 atom stereocenters. The highest BCUT2D eigenvalue weighted by atomic mass is 16.5. The summed E-state index contributed by atoms with van der Waals surface area (Å²) in [5, 5.41) is 0. The molecule has 2 aromatic rings. The Labute approximate surface area is 135 Å². The van der Waals surface area contributed by atoms with Crippen molar-refractivity contribution in [2.45, 2.75) is 25.0 Å². The topological polar surface area (TPSA) is 45.7 Å². The van der Waals surface area contributed by atoms with Gasteiger partial charge in [-0.2, -0.15) is 0 Å². The summed E-state index contributed by atoms with van der Waals surface area (Å²) in [6, 6.07) is 13.6. The van der Waals surface area contributed by atoms with Crippen LogP contribution in [0.15, 0.2) is 48.7 Å². The van der Waals surface area contributed by atoms with E-state index in [0.29, 0.717) is 5.82 Å². The first-order chi connectivity index (χ1) is 11.3. The molecule has 1 amide bonds. The number of benzene rings is 1. The molecule has 0 unspecified atom stereocenters. The van der Waals surface area contributed by atoms with E-state index >= 15 is 0 Å². The third-order valence-corrected chi connectivity index (χ3v) is 4.69. The molecule has 1 aromatic heterocycles. The van der Waals surface area contributed by atoms with Crippen LogP contribution in [0.25, 0.3) is 0 Å². The SMILES string of the molecule is COc1ccc([C@H]2N(c3ccccn3)C(=O)[C@@H]3CCCN32)cc1. The van der Waals surface area contributed by atoms with Gasteiger partial charge in [-0.3, -0.25) is 14.6 Å². The van der Waals surface area contributed by atoms with Gasteiger partial charge in [-0.25, -0.2) is 4.98 Å². The molecule has 5 heteroatoms. The van der Waals surface area contributed by atoms with Gasteiger partial charge in [0.15, 0.2) is 0 Å². The maximum absolute atomic E-state index is 12.9. The minimum absolute atomic E-state index is 0.0240. The lowest BCUT2D eigenvalue weighted by atomic mass is 10.1. The van der Waals surface area contributed by atoms with Gasteiger partial charge in [0.2, 0.25) is 5.91 Å². The minimum Gasteiger partial charge on any atom is -0.497 e. The lowest BCUT2D eigenvalue weighted by molar-refractivity contribution is -0.119. The van der Waals surface area contributed by atoms with Crippen molar-refractivity contribution < 1.29 is 9.53 Å². The Kier molecular flexibility index (Phi) is 3.50. The van der Waals surface area contributed by atoms with Gasteiger partial charge in [0.05, 0.1) is 13.2 Å². The first-order valence-electron chi connectivity index (χ1n) is 7.93. The largest absolute Gasteiger partial charge is 0.497 e. The number of nitrogens with zero attached hydrogens (tertiary/aromatic N) is 3. The van der Waals surface area contributed by atoms with E-state index in [1.807, 2.05) is 47.4 Å². The van der Waals surface area contributed by atoms with E-state index in [1.54, 1.807) is 13.3 Å². The van der Waals surface area contributed by atoms with Crippen molar-refractivity contribution in [3.05, 3.63) is 54.2 Å². The molecule has 5 nitrogen and oxygen atoms in total. The summed E-state index contributed by atoms with van der Waals surface area (Å²) in [5.41, 5.74) is 1.09. The number of fused-ring (bicyclic) bond motifs is 1. The minimum atomic E-state index is -0.0872. The maximum atomic E-state index is 12.9. The second-order valence-electron chi connectivity index (χ2n) is 5.94. The lowest BCUT2D eigenvalue weighted by Gasteiger charge is -2.29. The summed E-state index contributed by atoms with van der Waals surface area (Å²) in [5.74, 6) is 1.69. The molecular weight excluding hydrogens is 290 g/mol. The highest BCUT2D eigenvalue weighted by Gasteiger charge is 2.49. The summed E-state index contributed by atoms with van der Waals surface area (Å²) in [4.78, 5) is 21.4. The lowest BCUT2D eigenvalue weighted by Crippen LogP contribution is -2.32. The summed E-state index contributed by atoms with van der Waals surface area (Å²) in [6.45, 7) is 0.941. The number of aromatic nitrogens is 1. The van der Waals surface area contributed by atoms with Gasteiger partial charge in [0.1, 0.15) is 17.7 Å². The summed E-state index contributed by atoms with van der Waals surface area (Å²) >= 11 is 0. The molecular formula is C18H19N3O2. The molecule has 2 aliphatic heterocycles. The van der Waals surface area contributed by atoms with Gasteiger partial charge >= 0.3 is 0 Å². The second kappa shape index (κ2) is 5.66.